The van der Waals surface area contributed by atoms with E-state index in [1.54, 1.807) is 6.07 Å². The van der Waals surface area contributed by atoms with Crippen molar-refractivity contribution in [2.75, 3.05) is 11.9 Å². The number of para-hydroxylation sites is 1. The maximum absolute atomic E-state index is 14.9. The van der Waals surface area contributed by atoms with Gasteiger partial charge in [0.25, 0.3) is 5.91 Å². The van der Waals surface area contributed by atoms with Crippen LogP contribution in [0.15, 0.2) is 42.5 Å². The van der Waals surface area contributed by atoms with Crippen molar-refractivity contribution in [2.24, 2.45) is 0 Å². The first-order chi connectivity index (χ1) is 13.0. The molecule has 1 aliphatic rings. The molecule has 1 aliphatic heterocycles. The van der Waals surface area contributed by atoms with Crippen molar-refractivity contribution >= 4 is 47.3 Å². The topological polar surface area (TPSA) is 54.0 Å². The lowest BCUT2D eigenvalue weighted by Gasteiger charge is -2.19. The predicted molar refractivity (Wildman–Crippen MR) is 120 cm³/mol. The number of amides is 1. The first-order valence-corrected chi connectivity index (χ1v) is 9.26. The molecule has 0 spiro atoms. The monoisotopic (exact) mass is 435 g/mol. The summed E-state index contributed by atoms with van der Waals surface area (Å²) in [5.74, 6) is -0.456. The third-order valence-electron chi connectivity index (χ3n) is 5.03. The van der Waals surface area contributed by atoms with E-state index in [0.29, 0.717) is 24.1 Å². The molecule has 1 amide bonds. The van der Waals surface area contributed by atoms with Crippen LogP contribution in [0.5, 0.6) is 0 Å². The second-order valence-corrected chi connectivity index (χ2v) is 7.21. The Morgan fingerprint density at radius 2 is 1.93 bits per heavy atom. The number of hydrogen-bond acceptors (Lipinski definition) is 3. The average molecular weight is 436 g/mol. The molecule has 2 heterocycles. The average Bonchev–Trinajstić information content (AvgIpc) is 2.69. The van der Waals surface area contributed by atoms with Gasteiger partial charge in [-0.2, -0.15) is 0 Å². The molecule has 0 saturated carbocycles. The molecule has 154 valence electrons. The highest BCUT2D eigenvalue weighted by atomic mass is 35.5. The predicted octanol–water partition coefficient (Wildman–Crippen LogP) is 5.24. The fourth-order valence-corrected chi connectivity index (χ4v) is 3.50. The van der Waals surface area contributed by atoms with Crippen LogP contribution in [0.25, 0.3) is 10.9 Å². The molecule has 4 nitrogen and oxygen atoms in total. The number of benzene rings is 2. The highest BCUT2D eigenvalue weighted by Gasteiger charge is 2.20. The van der Waals surface area contributed by atoms with Crippen LogP contribution in [0.2, 0.25) is 0 Å². The zero-order chi connectivity index (χ0) is 19.0. The summed E-state index contributed by atoms with van der Waals surface area (Å²) in [6, 6.07) is 12.9. The fourth-order valence-electron chi connectivity index (χ4n) is 3.50. The highest BCUT2D eigenvalue weighted by Crippen LogP contribution is 2.27. The van der Waals surface area contributed by atoms with Gasteiger partial charge in [0.15, 0.2) is 0 Å². The Balaban J connectivity index is 0.00000150. The third kappa shape index (κ3) is 4.53. The van der Waals surface area contributed by atoms with Gasteiger partial charge < -0.3 is 10.6 Å². The van der Waals surface area contributed by atoms with E-state index in [0.717, 1.165) is 28.7 Å². The molecule has 0 aliphatic carbocycles. The standard InChI is InChI=1S/C22H22FN3O.2ClH/c1-13(2)20-11-17(16-5-3-4-6-18(16)25-20)22(27)26-19-8-7-14-12-24-10-9-15(14)21(19)23;;/h3-8,11,13,24H,9-10,12H2,1-2H3,(H,26,27);2*1H. The van der Waals surface area contributed by atoms with Gasteiger partial charge in [0.1, 0.15) is 5.82 Å². The number of halogens is 3. The minimum atomic E-state index is -0.329. The number of nitrogens with one attached hydrogen (secondary N) is 2. The molecule has 0 unspecified atom stereocenters. The smallest absolute Gasteiger partial charge is 0.256 e. The molecule has 0 bridgehead atoms. The van der Waals surface area contributed by atoms with Gasteiger partial charge in [-0.05, 0) is 48.2 Å². The Labute approximate surface area is 182 Å². The van der Waals surface area contributed by atoms with E-state index in [2.05, 4.69) is 15.6 Å². The molecule has 2 aromatic carbocycles. The van der Waals surface area contributed by atoms with Gasteiger partial charge in [-0.15, -0.1) is 24.8 Å². The Morgan fingerprint density at radius 3 is 2.69 bits per heavy atom. The lowest BCUT2D eigenvalue weighted by atomic mass is 9.99. The summed E-state index contributed by atoms with van der Waals surface area (Å²) in [4.78, 5) is 17.6. The van der Waals surface area contributed by atoms with Crippen LogP contribution in [-0.4, -0.2) is 17.4 Å². The van der Waals surface area contributed by atoms with Crippen LogP contribution in [0.4, 0.5) is 10.1 Å². The second kappa shape index (κ2) is 9.53. The summed E-state index contributed by atoms with van der Waals surface area (Å²) in [5, 5.41) is 6.77. The zero-order valence-corrected chi connectivity index (χ0v) is 17.9. The van der Waals surface area contributed by atoms with Crippen molar-refractivity contribution in [3.05, 3.63) is 70.7 Å². The van der Waals surface area contributed by atoms with Gasteiger partial charge >= 0.3 is 0 Å². The molecule has 7 heteroatoms. The van der Waals surface area contributed by atoms with E-state index in [9.17, 15) is 9.18 Å². The summed E-state index contributed by atoms with van der Waals surface area (Å²) in [5.41, 5.74) is 4.00. The van der Waals surface area contributed by atoms with Crippen LogP contribution < -0.4 is 10.6 Å². The minimum absolute atomic E-state index is 0. The molecule has 4 rings (SSSR count). The van der Waals surface area contributed by atoms with E-state index >= 15 is 0 Å². The quantitative estimate of drug-likeness (QED) is 0.591. The van der Waals surface area contributed by atoms with E-state index in [1.165, 1.54) is 0 Å². The Bertz CT molecular complexity index is 1040. The van der Waals surface area contributed by atoms with E-state index in [4.69, 9.17) is 0 Å². The summed E-state index contributed by atoms with van der Waals surface area (Å²) in [7, 11) is 0. The van der Waals surface area contributed by atoms with Crippen LogP contribution in [0.1, 0.15) is 46.9 Å². The number of pyridine rings is 1. The maximum Gasteiger partial charge on any atom is 0.256 e. The van der Waals surface area contributed by atoms with Crippen molar-refractivity contribution < 1.29 is 9.18 Å². The molecule has 1 aromatic heterocycles. The Hall–Kier alpha value is -2.21. The van der Waals surface area contributed by atoms with Crippen LogP contribution in [-0.2, 0) is 13.0 Å². The molecular weight excluding hydrogens is 412 g/mol. The van der Waals surface area contributed by atoms with Crippen molar-refractivity contribution in [2.45, 2.75) is 32.7 Å². The molecule has 0 fully saturated rings. The van der Waals surface area contributed by atoms with Gasteiger partial charge in [-0.25, -0.2) is 4.39 Å². The number of aromatic nitrogens is 1. The fraction of sp³-hybridized carbons (Fsp3) is 0.273. The molecule has 3 aromatic rings. The van der Waals surface area contributed by atoms with Crippen molar-refractivity contribution in [3.63, 3.8) is 0 Å². The first-order valence-electron chi connectivity index (χ1n) is 9.26. The van der Waals surface area contributed by atoms with Gasteiger partial charge in [0.05, 0.1) is 16.8 Å². The lowest BCUT2D eigenvalue weighted by molar-refractivity contribution is 0.102. The van der Waals surface area contributed by atoms with Crippen molar-refractivity contribution in [1.82, 2.24) is 10.3 Å². The molecule has 2 N–H and O–H groups in total. The number of rotatable bonds is 3. The third-order valence-corrected chi connectivity index (χ3v) is 5.03. The Morgan fingerprint density at radius 1 is 1.17 bits per heavy atom. The number of carbonyl (C=O) groups excluding carboxylic acids is 1. The number of hydrogen-bond donors (Lipinski definition) is 2. The second-order valence-electron chi connectivity index (χ2n) is 7.21. The number of nitrogens with zero attached hydrogens (tertiary/aromatic N) is 1. The molecule has 0 radical (unpaired) electrons. The zero-order valence-electron chi connectivity index (χ0n) is 16.3. The number of fused-ring (bicyclic) bond motifs is 2. The first kappa shape index (κ1) is 23.1. The minimum Gasteiger partial charge on any atom is -0.319 e. The van der Waals surface area contributed by atoms with Gasteiger partial charge in [0, 0.05) is 17.6 Å². The molecular formula is C22H24Cl2FN3O. The summed E-state index contributed by atoms with van der Waals surface area (Å²) < 4.78 is 14.9. The number of anilines is 1. The van der Waals surface area contributed by atoms with E-state index in [1.807, 2.05) is 50.2 Å². The largest absolute Gasteiger partial charge is 0.319 e. The van der Waals surface area contributed by atoms with Gasteiger partial charge in [-0.1, -0.05) is 38.1 Å². The molecule has 0 atom stereocenters. The summed E-state index contributed by atoms with van der Waals surface area (Å²) in [6.45, 7) is 5.48. The SMILES string of the molecule is CC(C)c1cc(C(=O)Nc2ccc3c(c2F)CCNC3)c2ccccc2n1.Cl.Cl. The van der Waals surface area contributed by atoms with Crippen molar-refractivity contribution in [3.8, 4) is 0 Å². The van der Waals surface area contributed by atoms with Crippen LogP contribution in [0.3, 0.4) is 0 Å². The highest BCUT2D eigenvalue weighted by molar-refractivity contribution is 6.12. The normalized spacial score (nSPS) is 12.7. The van der Waals surface area contributed by atoms with Crippen molar-refractivity contribution in [1.29, 1.82) is 0 Å². The molecule has 0 saturated heterocycles. The molecule has 29 heavy (non-hydrogen) atoms. The summed E-state index contributed by atoms with van der Waals surface area (Å²) >= 11 is 0. The van der Waals surface area contributed by atoms with Gasteiger partial charge in [0.2, 0.25) is 0 Å². The van der Waals surface area contributed by atoms with E-state index in [-0.39, 0.29) is 48.1 Å². The number of carbonyl (C=O) groups is 1. The summed E-state index contributed by atoms with van der Waals surface area (Å²) in [6.07, 6.45) is 0.626. The van der Waals surface area contributed by atoms with Crippen LogP contribution in [0, 0.1) is 5.82 Å². The lowest BCUT2D eigenvalue weighted by Crippen LogP contribution is -2.25. The maximum atomic E-state index is 14.9. The van der Waals surface area contributed by atoms with Crippen LogP contribution >= 0.6 is 24.8 Å². The Kier molecular flexibility index (Phi) is 7.58. The van der Waals surface area contributed by atoms with E-state index < -0.39 is 0 Å². The van der Waals surface area contributed by atoms with Gasteiger partial charge in [-0.3, -0.25) is 9.78 Å².